The number of carbonyl (C=O) groups excluding carboxylic acids is 4. The lowest BCUT2D eigenvalue weighted by molar-refractivity contribution is -0.149. The number of anilines is 1. The van der Waals surface area contributed by atoms with Crippen molar-refractivity contribution < 1.29 is 23.9 Å². The van der Waals surface area contributed by atoms with Gasteiger partial charge in [0.2, 0.25) is 11.8 Å². The Kier molecular flexibility index (Phi) is 5.10. The SMILES string of the molecule is O=C(COC(=O)CCN1C(=O)[C@@H]2[C@@H]3CC[C@H](C3)[C@@H]2C1=O)Nc1ccc(Cl)cc1. The van der Waals surface area contributed by atoms with E-state index in [0.717, 1.165) is 19.3 Å². The Balaban J connectivity index is 1.22. The third kappa shape index (κ3) is 3.51. The Bertz CT molecular complexity index is 796. The highest BCUT2D eigenvalue weighted by Crippen LogP contribution is 2.56. The van der Waals surface area contributed by atoms with Crippen LogP contribution >= 0.6 is 11.6 Å². The summed E-state index contributed by atoms with van der Waals surface area (Å²) in [5.74, 6) is -1.12. The van der Waals surface area contributed by atoms with E-state index in [0.29, 0.717) is 22.5 Å². The standard InChI is InChI=1S/C20H21ClN2O5/c21-13-3-5-14(6-4-13)22-15(24)10-28-16(25)7-8-23-19(26)17-11-1-2-12(9-11)18(17)20(23)27/h3-6,11-12,17-18H,1-2,7-10H2,(H,22,24)/t11-,12-,17-,18+/m1/s1. The van der Waals surface area contributed by atoms with E-state index in [1.54, 1.807) is 24.3 Å². The van der Waals surface area contributed by atoms with Gasteiger partial charge in [-0.15, -0.1) is 0 Å². The number of hydrogen-bond donors (Lipinski definition) is 1. The number of imide groups is 1. The normalized spacial score (nSPS) is 27.8. The highest BCUT2D eigenvalue weighted by molar-refractivity contribution is 6.30. The van der Waals surface area contributed by atoms with Crippen LogP contribution in [0.25, 0.3) is 0 Å². The molecule has 0 unspecified atom stereocenters. The summed E-state index contributed by atoms with van der Waals surface area (Å²) in [5.41, 5.74) is 0.542. The third-order valence-corrected chi connectivity index (χ3v) is 6.30. The van der Waals surface area contributed by atoms with Gasteiger partial charge in [-0.05, 0) is 55.4 Å². The molecule has 1 heterocycles. The number of ether oxygens (including phenoxy) is 1. The Morgan fingerprint density at radius 2 is 1.68 bits per heavy atom. The lowest BCUT2D eigenvalue weighted by Crippen LogP contribution is -2.35. The van der Waals surface area contributed by atoms with E-state index in [1.165, 1.54) is 4.90 Å². The van der Waals surface area contributed by atoms with Gasteiger partial charge in [0.25, 0.3) is 5.91 Å². The molecule has 2 aliphatic carbocycles. The maximum Gasteiger partial charge on any atom is 0.308 e. The number of nitrogens with zero attached hydrogens (tertiary/aromatic N) is 1. The van der Waals surface area contributed by atoms with Gasteiger partial charge in [0, 0.05) is 17.3 Å². The topological polar surface area (TPSA) is 92.8 Å². The number of likely N-dealkylation sites (tertiary alicyclic amines) is 1. The Labute approximate surface area is 167 Å². The zero-order chi connectivity index (χ0) is 19.8. The van der Waals surface area contributed by atoms with Crippen LogP contribution in [0.15, 0.2) is 24.3 Å². The molecule has 4 atom stereocenters. The quantitative estimate of drug-likeness (QED) is 0.579. The smallest absolute Gasteiger partial charge is 0.308 e. The fourth-order valence-electron chi connectivity index (χ4n) is 4.84. The van der Waals surface area contributed by atoms with Crippen LogP contribution in [0.1, 0.15) is 25.7 Å². The van der Waals surface area contributed by atoms with E-state index >= 15 is 0 Å². The van der Waals surface area contributed by atoms with Gasteiger partial charge in [-0.1, -0.05) is 11.6 Å². The average molecular weight is 405 g/mol. The van der Waals surface area contributed by atoms with E-state index < -0.39 is 18.5 Å². The highest BCUT2D eigenvalue weighted by Gasteiger charge is 2.60. The molecule has 3 aliphatic rings. The zero-order valence-corrected chi connectivity index (χ0v) is 16.0. The van der Waals surface area contributed by atoms with E-state index in [-0.39, 0.29) is 36.6 Å². The number of carbonyl (C=O) groups is 4. The molecule has 1 saturated heterocycles. The highest BCUT2D eigenvalue weighted by atomic mass is 35.5. The van der Waals surface area contributed by atoms with E-state index in [4.69, 9.17) is 16.3 Å². The van der Waals surface area contributed by atoms with Crippen LogP contribution in [0.4, 0.5) is 5.69 Å². The summed E-state index contributed by atoms with van der Waals surface area (Å²) < 4.78 is 4.95. The molecule has 0 spiro atoms. The first kappa shape index (κ1) is 18.9. The number of fused-ring (bicyclic) bond motifs is 5. The van der Waals surface area contributed by atoms with Crippen molar-refractivity contribution in [3.05, 3.63) is 29.3 Å². The number of rotatable bonds is 6. The van der Waals surface area contributed by atoms with Crippen LogP contribution in [-0.4, -0.2) is 41.7 Å². The van der Waals surface area contributed by atoms with E-state index in [9.17, 15) is 19.2 Å². The van der Waals surface area contributed by atoms with Gasteiger partial charge in [0.15, 0.2) is 6.61 Å². The fourth-order valence-corrected chi connectivity index (χ4v) is 4.97. The monoisotopic (exact) mass is 404 g/mol. The van der Waals surface area contributed by atoms with Crippen LogP contribution in [0.3, 0.4) is 0 Å². The molecule has 148 valence electrons. The van der Waals surface area contributed by atoms with Crippen molar-refractivity contribution >= 4 is 41.0 Å². The molecule has 1 aromatic rings. The summed E-state index contributed by atoms with van der Waals surface area (Å²) in [4.78, 5) is 50.1. The maximum absolute atomic E-state index is 12.6. The molecule has 8 heteroatoms. The lowest BCUT2D eigenvalue weighted by Gasteiger charge is -2.19. The first-order valence-electron chi connectivity index (χ1n) is 9.50. The Morgan fingerprint density at radius 3 is 2.29 bits per heavy atom. The van der Waals surface area contributed by atoms with Gasteiger partial charge in [0.1, 0.15) is 0 Å². The van der Waals surface area contributed by atoms with Crippen molar-refractivity contribution in [3.63, 3.8) is 0 Å². The maximum atomic E-state index is 12.6. The van der Waals surface area contributed by atoms with Crippen molar-refractivity contribution in [2.24, 2.45) is 23.7 Å². The minimum atomic E-state index is -0.619. The molecular weight excluding hydrogens is 384 g/mol. The van der Waals surface area contributed by atoms with Crippen LogP contribution in [0, 0.1) is 23.7 Å². The molecule has 2 bridgehead atoms. The Hall–Kier alpha value is -2.41. The number of halogens is 1. The summed E-state index contributed by atoms with van der Waals surface area (Å²) in [5, 5.41) is 3.13. The molecule has 4 rings (SSSR count). The molecule has 1 aromatic carbocycles. The van der Waals surface area contributed by atoms with Gasteiger partial charge < -0.3 is 10.1 Å². The van der Waals surface area contributed by atoms with Crippen molar-refractivity contribution in [2.45, 2.75) is 25.7 Å². The summed E-state index contributed by atoms with van der Waals surface area (Å²) in [6.07, 6.45) is 2.90. The zero-order valence-electron chi connectivity index (χ0n) is 15.2. The molecule has 1 aliphatic heterocycles. The molecule has 2 saturated carbocycles. The van der Waals surface area contributed by atoms with E-state index in [2.05, 4.69) is 5.32 Å². The number of esters is 1. The summed E-state index contributed by atoms with van der Waals surface area (Å²) in [7, 11) is 0. The predicted molar refractivity (Wildman–Crippen MR) is 100 cm³/mol. The molecule has 0 aromatic heterocycles. The van der Waals surface area contributed by atoms with Crippen molar-refractivity contribution in [1.82, 2.24) is 4.90 Å². The largest absolute Gasteiger partial charge is 0.456 e. The number of hydrogen-bond acceptors (Lipinski definition) is 5. The number of amides is 3. The molecule has 7 nitrogen and oxygen atoms in total. The first-order chi connectivity index (χ1) is 13.4. The van der Waals surface area contributed by atoms with Crippen LogP contribution in [-0.2, 0) is 23.9 Å². The Morgan fingerprint density at radius 1 is 1.07 bits per heavy atom. The lowest BCUT2D eigenvalue weighted by atomic mass is 9.81. The average Bonchev–Trinajstić information content (AvgIpc) is 3.35. The minimum Gasteiger partial charge on any atom is -0.456 e. The molecule has 28 heavy (non-hydrogen) atoms. The first-order valence-corrected chi connectivity index (χ1v) is 9.88. The number of benzene rings is 1. The minimum absolute atomic E-state index is 0.0156. The molecule has 3 fully saturated rings. The fraction of sp³-hybridized carbons (Fsp3) is 0.500. The molecule has 0 radical (unpaired) electrons. The van der Waals surface area contributed by atoms with Crippen LogP contribution < -0.4 is 5.32 Å². The van der Waals surface area contributed by atoms with E-state index in [1.807, 2.05) is 0 Å². The van der Waals surface area contributed by atoms with Crippen molar-refractivity contribution in [3.8, 4) is 0 Å². The van der Waals surface area contributed by atoms with Crippen LogP contribution in [0.5, 0.6) is 0 Å². The molecular formula is C20H21ClN2O5. The van der Waals surface area contributed by atoms with Crippen LogP contribution in [0.2, 0.25) is 5.02 Å². The summed E-state index contributed by atoms with van der Waals surface area (Å²) >= 11 is 5.78. The molecule has 3 amide bonds. The van der Waals surface area contributed by atoms with Crippen molar-refractivity contribution in [2.75, 3.05) is 18.5 Å². The van der Waals surface area contributed by atoms with Gasteiger partial charge >= 0.3 is 5.97 Å². The molecule has 1 N–H and O–H groups in total. The predicted octanol–water partition coefficient (Wildman–Crippen LogP) is 2.24. The van der Waals surface area contributed by atoms with Crippen molar-refractivity contribution in [1.29, 1.82) is 0 Å². The third-order valence-electron chi connectivity index (χ3n) is 6.05. The van der Waals surface area contributed by atoms with Gasteiger partial charge in [0.05, 0.1) is 18.3 Å². The summed E-state index contributed by atoms with van der Waals surface area (Å²) in [6, 6.07) is 6.54. The second-order valence-electron chi connectivity index (χ2n) is 7.68. The number of nitrogens with one attached hydrogen (secondary N) is 1. The second-order valence-corrected chi connectivity index (χ2v) is 8.12. The van der Waals surface area contributed by atoms with Gasteiger partial charge in [-0.25, -0.2) is 0 Å². The van der Waals surface area contributed by atoms with Gasteiger partial charge in [-0.3, -0.25) is 24.1 Å². The second kappa shape index (κ2) is 7.54. The van der Waals surface area contributed by atoms with Gasteiger partial charge in [-0.2, -0.15) is 0 Å². The summed E-state index contributed by atoms with van der Waals surface area (Å²) in [6.45, 7) is -0.416.